The van der Waals surface area contributed by atoms with E-state index in [4.69, 9.17) is 9.72 Å². The number of benzene rings is 4. The summed E-state index contributed by atoms with van der Waals surface area (Å²) in [5.74, 6) is -0.0100. The van der Waals surface area contributed by atoms with Gasteiger partial charge in [0.15, 0.2) is 5.13 Å². The minimum absolute atomic E-state index is 0.00588. The third-order valence-corrected chi connectivity index (χ3v) is 7.11. The summed E-state index contributed by atoms with van der Waals surface area (Å²) in [4.78, 5) is 30.0. The number of carbonyl (C=O) groups is 1. The van der Waals surface area contributed by atoms with Gasteiger partial charge in [-0.2, -0.15) is 0 Å². The number of methoxy groups -OCH3 is 1. The van der Waals surface area contributed by atoms with Crippen molar-refractivity contribution in [3.63, 3.8) is 0 Å². The number of amides is 1. The molecule has 0 spiro atoms. The Hall–Kier alpha value is -4.82. The van der Waals surface area contributed by atoms with Gasteiger partial charge >= 0.3 is 0 Å². The summed E-state index contributed by atoms with van der Waals surface area (Å²) in [6, 6.07) is 33.0. The second-order valence-corrected chi connectivity index (χ2v) is 9.47. The molecular weight excluding hydrogens is 498 g/mol. The van der Waals surface area contributed by atoms with Crippen LogP contribution in [0, 0.1) is 10.1 Å². The number of anilines is 1. The maximum atomic E-state index is 13.7. The lowest BCUT2D eigenvalue weighted by Crippen LogP contribution is -2.22. The lowest BCUT2D eigenvalue weighted by molar-refractivity contribution is -0.384. The Labute approximate surface area is 223 Å². The molecule has 0 aliphatic rings. The number of nitro benzene ring substituents is 1. The molecular formula is C30H23N3O4S. The van der Waals surface area contributed by atoms with Gasteiger partial charge in [-0.1, -0.05) is 72.0 Å². The van der Waals surface area contributed by atoms with Crippen LogP contribution in [-0.4, -0.2) is 22.9 Å². The van der Waals surface area contributed by atoms with E-state index in [-0.39, 0.29) is 11.6 Å². The van der Waals surface area contributed by atoms with Crippen molar-refractivity contribution >= 4 is 28.1 Å². The molecule has 1 heterocycles. The average Bonchev–Trinajstić information content (AvgIpc) is 3.38. The number of hydrogen-bond donors (Lipinski definition) is 1. The Kier molecular flexibility index (Phi) is 7.24. The van der Waals surface area contributed by atoms with Crippen molar-refractivity contribution in [1.29, 1.82) is 0 Å². The minimum Gasteiger partial charge on any atom is -0.497 e. The second kappa shape index (κ2) is 11.1. The number of nitro groups is 1. The van der Waals surface area contributed by atoms with Gasteiger partial charge in [0, 0.05) is 17.7 Å². The molecule has 0 radical (unpaired) electrons. The van der Waals surface area contributed by atoms with Crippen molar-refractivity contribution in [3.05, 3.63) is 130 Å². The van der Waals surface area contributed by atoms with Gasteiger partial charge in [-0.25, -0.2) is 4.98 Å². The van der Waals surface area contributed by atoms with Gasteiger partial charge in [-0.15, -0.1) is 0 Å². The van der Waals surface area contributed by atoms with Crippen LogP contribution in [0.5, 0.6) is 5.75 Å². The van der Waals surface area contributed by atoms with Gasteiger partial charge in [-0.3, -0.25) is 14.9 Å². The average molecular weight is 522 g/mol. The fourth-order valence-corrected chi connectivity index (χ4v) is 5.21. The standard InChI is InChI=1S/C30H23N3O4S/c1-37-25-18-14-22(15-19-25)27-28(23-12-16-24(17-13-23)33(35)36)38-30(31-27)32-29(34)26(20-8-4-2-5-9-20)21-10-6-3-7-11-21/h2-19,26H,1H3,(H,31,32,34). The molecule has 0 saturated heterocycles. The quantitative estimate of drug-likeness (QED) is 0.173. The normalized spacial score (nSPS) is 10.8. The van der Waals surface area contributed by atoms with E-state index < -0.39 is 10.8 Å². The highest BCUT2D eigenvalue weighted by atomic mass is 32.1. The van der Waals surface area contributed by atoms with Crippen molar-refractivity contribution in [3.8, 4) is 27.4 Å². The van der Waals surface area contributed by atoms with Crippen molar-refractivity contribution < 1.29 is 14.5 Å². The Morgan fingerprint density at radius 3 is 1.92 bits per heavy atom. The molecule has 0 unspecified atom stereocenters. The molecule has 0 bridgehead atoms. The first-order valence-corrected chi connectivity index (χ1v) is 12.7. The Bertz CT molecular complexity index is 1510. The van der Waals surface area contributed by atoms with Crippen LogP contribution in [-0.2, 0) is 4.79 Å². The third kappa shape index (κ3) is 5.30. The molecule has 0 aliphatic heterocycles. The largest absolute Gasteiger partial charge is 0.497 e. The van der Waals surface area contributed by atoms with E-state index in [0.29, 0.717) is 16.6 Å². The van der Waals surface area contributed by atoms with Crippen LogP contribution in [0.15, 0.2) is 109 Å². The summed E-state index contributed by atoms with van der Waals surface area (Å²) in [7, 11) is 1.60. The van der Waals surface area contributed by atoms with Crippen molar-refractivity contribution in [2.75, 3.05) is 12.4 Å². The summed E-state index contributed by atoms with van der Waals surface area (Å²) in [6.07, 6.45) is 0. The smallest absolute Gasteiger partial charge is 0.269 e. The number of nitrogens with one attached hydrogen (secondary N) is 1. The molecule has 0 atom stereocenters. The van der Waals surface area contributed by atoms with E-state index in [0.717, 1.165) is 27.1 Å². The first-order valence-electron chi connectivity index (χ1n) is 11.8. The van der Waals surface area contributed by atoms with Crippen LogP contribution < -0.4 is 10.1 Å². The fraction of sp³-hybridized carbons (Fsp3) is 0.0667. The Balaban J connectivity index is 1.54. The van der Waals surface area contributed by atoms with E-state index in [1.807, 2.05) is 84.9 Å². The number of non-ortho nitro benzene ring substituents is 1. The number of thiazole rings is 1. The molecule has 0 saturated carbocycles. The molecule has 0 fully saturated rings. The van der Waals surface area contributed by atoms with Crippen LogP contribution in [0.1, 0.15) is 17.0 Å². The van der Waals surface area contributed by atoms with E-state index in [1.165, 1.54) is 23.5 Å². The monoisotopic (exact) mass is 521 g/mol. The molecule has 38 heavy (non-hydrogen) atoms. The van der Waals surface area contributed by atoms with Crippen LogP contribution in [0.4, 0.5) is 10.8 Å². The zero-order valence-electron chi connectivity index (χ0n) is 20.4. The molecule has 1 amide bonds. The fourth-order valence-electron chi connectivity index (χ4n) is 4.21. The zero-order chi connectivity index (χ0) is 26.5. The van der Waals surface area contributed by atoms with Crippen LogP contribution in [0.25, 0.3) is 21.7 Å². The van der Waals surface area contributed by atoms with Gasteiger partial charge in [0.25, 0.3) is 5.69 Å². The summed E-state index contributed by atoms with van der Waals surface area (Å²) in [5.41, 5.74) is 4.02. The molecule has 5 aromatic rings. The topological polar surface area (TPSA) is 94.4 Å². The molecule has 1 N–H and O–H groups in total. The summed E-state index contributed by atoms with van der Waals surface area (Å²) >= 11 is 1.32. The molecule has 5 rings (SSSR count). The molecule has 4 aromatic carbocycles. The van der Waals surface area contributed by atoms with Gasteiger partial charge in [0.05, 0.1) is 28.5 Å². The van der Waals surface area contributed by atoms with Crippen molar-refractivity contribution in [1.82, 2.24) is 4.98 Å². The van der Waals surface area contributed by atoms with Crippen LogP contribution >= 0.6 is 11.3 Å². The van der Waals surface area contributed by atoms with Gasteiger partial charge in [-0.05, 0) is 53.1 Å². The number of hydrogen-bond acceptors (Lipinski definition) is 6. The number of ether oxygens (including phenoxy) is 1. The van der Waals surface area contributed by atoms with E-state index in [1.54, 1.807) is 19.2 Å². The lowest BCUT2D eigenvalue weighted by Gasteiger charge is -2.17. The summed E-state index contributed by atoms with van der Waals surface area (Å²) < 4.78 is 5.29. The van der Waals surface area contributed by atoms with Crippen LogP contribution in [0.3, 0.4) is 0 Å². The van der Waals surface area contributed by atoms with Gasteiger partial charge < -0.3 is 10.1 Å². The maximum Gasteiger partial charge on any atom is 0.269 e. The van der Waals surface area contributed by atoms with Crippen molar-refractivity contribution in [2.24, 2.45) is 0 Å². The molecule has 1 aromatic heterocycles. The SMILES string of the molecule is COc1ccc(-c2nc(NC(=O)C(c3ccccc3)c3ccccc3)sc2-c2ccc([N+](=O)[O-])cc2)cc1. The number of aromatic nitrogens is 1. The second-order valence-electron chi connectivity index (χ2n) is 8.47. The summed E-state index contributed by atoms with van der Waals surface area (Å²) in [5, 5.41) is 14.6. The maximum absolute atomic E-state index is 13.7. The highest BCUT2D eigenvalue weighted by Crippen LogP contribution is 2.40. The van der Waals surface area contributed by atoms with E-state index in [2.05, 4.69) is 5.32 Å². The Morgan fingerprint density at radius 1 is 0.842 bits per heavy atom. The molecule has 7 nitrogen and oxygen atoms in total. The van der Waals surface area contributed by atoms with E-state index in [9.17, 15) is 14.9 Å². The summed E-state index contributed by atoms with van der Waals surface area (Å²) in [6.45, 7) is 0. The molecule has 188 valence electrons. The number of carbonyl (C=O) groups excluding carboxylic acids is 1. The predicted octanol–water partition coefficient (Wildman–Crippen LogP) is 7.16. The first-order chi connectivity index (χ1) is 18.5. The minimum atomic E-state index is -0.520. The van der Waals surface area contributed by atoms with Crippen molar-refractivity contribution in [2.45, 2.75) is 5.92 Å². The highest BCUT2D eigenvalue weighted by molar-refractivity contribution is 7.19. The van der Waals surface area contributed by atoms with Crippen LogP contribution in [0.2, 0.25) is 0 Å². The van der Waals surface area contributed by atoms with Gasteiger partial charge in [0.1, 0.15) is 5.75 Å². The molecule has 0 aliphatic carbocycles. The Morgan fingerprint density at radius 2 is 1.39 bits per heavy atom. The van der Waals surface area contributed by atoms with Gasteiger partial charge in [0.2, 0.25) is 5.91 Å². The van der Waals surface area contributed by atoms with E-state index >= 15 is 0 Å². The lowest BCUT2D eigenvalue weighted by atomic mass is 9.90. The first kappa shape index (κ1) is 24.9. The number of nitrogens with zero attached hydrogens (tertiary/aromatic N) is 2. The predicted molar refractivity (Wildman–Crippen MR) is 150 cm³/mol. The highest BCUT2D eigenvalue weighted by Gasteiger charge is 2.25. The zero-order valence-corrected chi connectivity index (χ0v) is 21.2. The number of rotatable bonds is 8. The third-order valence-electron chi connectivity index (χ3n) is 6.09. The molecule has 8 heteroatoms.